The minimum atomic E-state index is -5.52. The first-order valence-electron chi connectivity index (χ1n) is 5.00. The van der Waals surface area contributed by atoms with E-state index in [2.05, 4.69) is 0 Å². The van der Waals surface area contributed by atoms with E-state index in [1.165, 1.54) is 4.72 Å². The van der Waals surface area contributed by atoms with Gasteiger partial charge >= 0.3 is 15.5 Å². The van der Waals surface area contributed by atoms with E-state index in [1.807, 2.05) is 0 Å². The lowest BCUT2D eigenvalue weighted by Crippen LogP contribution is -2.29. The molecule has 0 heterocycles. The number of anilines is 1. The summed E-state index contributed by atoms with van der Waals surface area (Å²) in [6, 6.07) is 3.16. The van der Waals surface area contributed by atoms with Gasteiger partial charge in [-0.1, -0.05) is 18.5 Å². The summed E-state index contributed by atoms with van der Waals surface area (Å²) < 4.78 is 59.7. The van der Waals surface area contributed by atoms with Crippen LogP contribution in [0.25, 0.3) is 0 Å². The molecule has 4 nitrogen and oxygen atoms in total. The highest BCUT2D eigenvalue weighted by atomic mass is 35.5. The Balaban J connectivity index is 3.15. The Hall–Kier alpha value is -1.28. The van der Waals surface area contributed by atoms with Gasteiger partial charge in [0.05, 0.1) is 5.02 Å². The van der Waals surface area contributed by atoms with E-state index in [0.29, 0.717) is 0 Å². The predicted octanol–water partition coefficient (Wildman–Crippen LogP) is 3.19. The molecular weight excluding hydrogens is 307 g/mol. The van der Waals surface area contributed by atoms with Gasteiger partial charge in [0.25, 0.3) is 0 Å². The molecule has 1 N–H and O–H groups in total. The Morgan fingerprint density at radius 2 is 1.95 bits per heavy atom. The van der Waals surface area contributed by atoms with Crippen LogP contribution in [0.1, 0.15) is 23.7 Å². The molecule has 1 rings (SSSR count). The first-order chi connectivity index (χ1) is 8.58. The van der Waals surface area contributed by atoms with Crippen molar-refractivity contribution in [1.82, 2.24) is 0 Å². The third kappa shape index (κ3) is 3.60. The van der Waals surface area contributed by atoms with Crippen molar-refractivity contribution in [2.45, 2.75) is 18.9 Å². The van der Waals surface area contributed by atoms with Gasteiger partial charge in [-0.2, -0.15) is 21.6 Å². The Kier molecular flexibility index (Phi) is 4.46. The zero-order chi connectivity index (χ0) is 14.8. The molecule has 0 saturated carbocycles. The lowest BCUT2D eigenvalue weighted by Gasteiger charge is -2.11. The number of hydrogen-bond donors (Lipinski definition) is 1. The third-order valence-electron chi connectivity index (χ3n) is 2.14. The second-order valence-electron chi connectivity index (χ2n) is 3.52. The van der Waals surface area contributed by atoms with Gasteiger partial charge in [0.15, 0.2) is 5.78 Å². The van der Waals surface area contributed by atoms with E-state index in [-0.39, 0.29) is 22.7 Å². The van der Waals surface area contributed by atoms with E-state index in [9.17, 15) is 26.4 Å². The van der Waals surface area contributed by atoms with Gasteiger partial charge in [-0.05, 0) is 18.2 Å². The minimum Gasteiger partial charge on any atom is -0.294 e. The molecule has 106 valence electrons. The molecule has 9 heteroatoms. The number of halogens is 4. The van der Waals surface area contributed by atoms with Crippen molar-refractivity contribution in [3.8, 4) is 0 Å². The second-order valence-corrected chi connectivity index (χ2v) is 5.60. The number of benzene rings is 1. The Morgan fingerprint density at radius 3 is 2.42 bits per heavy atom. The van der Waals surface area contributed by atoms with Crippen molar-refractivity contribution < 1.29 is 26.4 Å². The molecule has 0 fully saturated rings. The van der Waals surface area contributed by atoms with Crippen LogP contribution in [0.5, 0.6) is 0 Å². The summed E-state index contributed by atoms with van der Waals surface area (Å²) in [7, 11) is -5.52. The number of nitrogens with one attached hydrogen (secondary N) is 1. The van der Waals surface area contributed by atoms with E-state index in [4.69, 9.17) is 11.6 Å². The van der Waals surface area contributed by atoms with Gasteiger partial charge in [0, 0.05) is 17.7 Å². The van der Waals surface area contributed by atoms with E-state index < -0.39 is 21.3 Å². The number of ketones is 1. The Morgan fingerprint density at radius 1 is 1.37 bits per heavy atom. The van der Waals surface area contributed by atoms with Crippen LogP contribution in [0.3, 0.4) is 0 Å². The lowest BCUT2D eigenvalue weighted by molar-refractivity contribution is -0.0429. The highest BCUT2D eigenvalue weighted by molar-refractivity contribution is 7.93. The number of sulfonamides is 1. The van der Waals surface area contributed by atoms with E-state index in [1.54, 1.807) is 6.92 Å². The normalized spacial score (nSPS) is 12.3. The summed E-state index contributed by atoms with van der Waals surface area (Å²) >= 11 is 5.71. The maximum absolute atomic E-state index is 12.2. The summed E-state index contributed by atoms with van der Waals surface area (Å²) in [4.78, 5) is 11.5. The van der Waals surface area contributed by atoms with Crippen LogP contribution in [0.4, 0.5) is 18.9 Å². The Labute approximate surface area is 112 Å². The Bertz CT molecular complexity index is 599. The van der Waals surface area contributed by atoms with Gasteiger partial charge in [-0.15, -0.1) is 0 Å². The van der Waals surface area contributed by atoms with Gasteiger partial charge in [0.2, 0.25) is 0 Å². The number of carbonyl (C=O) groups is 1. The maximum atomic E-state index is 12.2. The van der Waals surface area contributed by atoms with Crippen molar-refractivity contribution in [1.29, 1.82) is 0 Å². The molecule has 0 spiro atoms. The molecule has 1 aromatic carbocycles. The first-order valence-corrected chi connectivity index (χ1v) is 6.86. The zero-order valence-corrected chi connectivity index (χ0v) is 11.2. The number of Topliss-reactive ketones (excluding diaryl/α,β-unsaturated/α-hetero) is 1. The first kappa shape index (κ1) is 15.8. The largest absolute Gasteiger partial charge is 0.516 e. The van der Waals surface area contributed by atoms with Crippen LogP contribution in [-0.4, -0.2) is 19.7 Å². The van der Waals surface area contributed by atoms with Crippen molar-refractivity contribution in [3.05, 3.63) is 28.8 Å². The van der Waals surface area contributed by atoms with Crippen LogP contribution in [0.15, 0.2) is 18.2 Å². The summed E-state index contributed by atoms with van der Waals surface area (Å²) in [5.41, 5.74) is -5.84. The van der Waals surface area contributed by atoms with Gasteiger partial charge in [0.1, 0.15) is 0 Å². The van der Waals surface area contributed by atoms with E-state index >= 15 is 0 Å². The monoisotopic (exact) mass is 315 g/mol. The summed E-state index contributed by atoms with van der Waals surface area (Å²) in [6.45, 7) is 1.55. The molecule has 0 aliphatic rings. The van der Waals surface area contributed by atoms with Crippen molar-refractivity contribution in [2.24, 2.45) is 0 Å². The van der Waals surface area contributed by atoms with Crippen LogP contribution in [0.2, 0.25) is 5.02 Å². The smallest absolute Gasteiger partial charge is 0.294 e. The summed E-state index contributed by atoms with van der Waals surface area (Å²) in [5.74, 6) is -0.405. The SMILES string of the molecule is CCC(=O)c1cc(NS(=O)(=O)C(F)(F)F)ccc1Cl. The molecular formula is C10H9ClF3NO3S. The van der Waals surface area contributed by atoms with Gasteiger partial charge in [-0.3, -0.25) is 9.52 Å². The molecule has 0 saturated heterocycles. The molecule has 0 unspecified atom stereocenters. The van der Waals surface area contributed by atoms with Crippen molar-refractivity contribution in [3.63, 3.8) is 0 Å². The van der Waals surface area contributed by atoms with Gasteiger partial charge < -0.3 is 0 Å². The highest BCUT2D eigenvalue weighted by Crippen LogP contribution is 2.27. The molecule has 0 aromatic heterocycles. The third-order valence-corrected chi connectivity index (χ3v) is 3.59. The molecule has 0 amide bonds. The molecule has 0 bridgehead atoms. The number of alkyl halides is 3. The summed E-state index contributed by atoms with van der Waals surface area (Å²) in [6.07, 6.45) is 0.0925. The molecule has 0 aliphatic carbocycles. The molecule has 0 atom stereocenters. The topological polar surface area (TPSA) is 63.2 Å². The number of hydrogen-bond acceptors (Lipinski definition) is 3. The maximum Gasteiger partial charge on any atom is 0.516 e. The zero-order valence-electron chi connectivity index (χ0n) is 9.58. The molecule has 1 aromatic rings. The minimum absolute atomic E-state index is 0.0356. The molecule has 0 radical (unpaired) electrons. The lowest BCUT2D eigenvalue weighted by atomic mass is 10.1. The predicted molar refractivity (Wildman–Crippen MR) is 64.7 cm³/mol. The van der Waals surface area contributed by atoms with E-state index in [0.717, 1.165) is 18.2 Å². The van der Waals surface area contributed by atoms with Crippen molar-refractivity contribution >= 4 is 33.1 Å². The molecule has 0 aliphatic heterocycles. The number of carbonyl (C=O) groups excluding carboxylic acids is 1. The fraction of sp³-hybridized carbons (Fsp3) is 0.300. The quantitative estimate of drug-likeness (QED) is 0.868. The molecule has 19 heavy (non-hydrogen) atoms. The van der Waals surface area contributed by atoms with Crippen molar-refractivity contribution in [2.75, 3.05) is 4.72 Å². The number of rotatable bonds is 4. The second kappa shape index (κ2) is 5.38. The van der Waals surface area contributed by atoms with Crippen LogP contribution < -0.4 is 4.72 Å². The standard InChI is InChI=1S/C10H9ClF3NO3S/c1-2-9(16)7-5-6(3-4-8(7)11)15-19(17,18)10(12,13)14/h3-5,15H,2H2,1H3. The fourth-order valence-corrected chi connectivity index (χ4v) is 1.98. The van der Waals surface area contributed by atoms with Crippen LogP contribution >= 0.6 is 11.6 Å². The van der Waals surface area contributed by atoms with Crippen LogP contribution in [-0.2, 0) is 10.0 Å². The highest BCUT2D eigenvalue weighted by Gasteiger charge is 2.46. The fourth-order valence-electron chi connectivity index (χ4n) is 1.21. The summed E-state index contributed by atoms with van der Waals surface area (Å²) in [5, 5.41) is 0.0433. The average Bonchev–Trinajstić information content (AvgIpc) is 2.29. The average molecular weight is 316 g/mol. The van der Waals surface area contributed by atoms with Crippen LogP contribution in [0, 0.1) is 0 Å². The van der Waals surface area contributed by atoms with Gasteiger partial charge in [-0.25, -0.2) is 0 Å².